The number of hydrogen-bond donors (Lipinski definition) is 2. The third-order valence-corrected chi connectivity index (χ3v) is 9.58. The van der Waals surface area contributed by atoms with Gasteiger partial charge in [0.25, 0.3) is 0 Å². The van der Waals surface area contributed by atoms with Crippen molar-refractivity contribution in [2.24, 2.45) is 14.1 Å². The van der Waals surface area contributed by atoms with Gasteiger partial charge in [0.05, 0.1) is 25.3 Å². The van der Waals surface area contributed by atoms with Gasteiger partial charge in [0.1, 0.15) is 0 Å². The Balaban J connectivity index is 0.000000280. The predicted octanol–water partition coefficient (Wildman–Crippen LogP) is 9.90. The minimum absolute atomic E-state index is 0. The summed E-state index contributed by atoms with van der Waals surface area (Å²) < 4.78 is 71.5. The van der Waals surface area contributed by atoms with Crippen LogP contribution in [-0.4, -0.2) is 72.7 Å². The molecule has 2 aromatic carbocycles. The normalized spacial score (nSPS) is 13.5. The van der Waals surface area contributed by atoms with Gasteiger partial charge < -0.3 is 28.5 Å². The number of halogens is 6. The van der Waals surface area contributed by atoms with E-state index >= 15 is 0 Å². The smallest absolute Gasteiger partial charge is 0.475 e. The third-order valence-electron chi connectivity index (χ3n) is 9.58. The second-order valence-corrected chi connectivity index (χ2v) is 15.0. The predicted molar refractivity (Wildman–Crippen MR) is 221 cm³/mol. The third kappa shape index (κ3) is 21.4. The van der Waals surface area contributed by atoms with Crippen LogP contribution in [0.1, 0.15) is 96.6 Å². The number of aliphatic carboxylic acids is 2. The molecule has 4 heterocycles. The Morgan fingerprint density at radius 2 is 0.857 bits per heavy atom. The summed E-state index contributed by atoms with van der Waals surface area (Å²) in [6, 6.07) is 14.1. The fraction of sp³-hybridized carbons (Fsp3) is 0.409. The fourth-order valence-corrected chi connectivity index (χ4v) is 6.79. The summed E-state index contributed by atoms with van der Waals surface area (Å²) in [5.41, 5.74) is 8.65. The molecule has 4 aromatic heterocycles. The van der Waals surface area contributed by atoms with Crippen molar-refractivity contribution in [2.75, 3.05) is 0 Å². The van der Waals surface area contributed by atoms with Gasteiger partial charge in [0, 0.05) is 96.2 Å². The topological polar surface area (TPSA) is 146 Å². The molecule has 0 amide bonds. The van der Waals surface area contributed by atoms with Gasteiger partial charge in [-0.1, -0.05) is 73.2 Å². The molecule has 2 saturated carbocycles. The van der Waals surface area contributed by atoms with Gasteiger partial charge in [-0.3, -0.25) is 0 Å². The molecule has 0 saturated heterocycles. The molecule has 338 valence electrons. The van der Waals surface area contributed by atoms with E-state index in [1.807, 2.05) is 73.1 Å². The summed E-state index contributed by atoms with van der Waals surface area (Å²) >= 11 is 0. The molecule has 2 fully saturated rings. The number of carboxylic acids is 2. The van der Waals surface area contributed by atoms with Crippen molar-refractivity contribution in [3.05, 3.63) is 145 Å². The number of hydrogen-bond acceptors (Lipinski definition) is 6. The summed E-state index contributed by atoms with van der Waals surface area (Å²) in [5.74, 6) is -3.92. The number of benzene rings is 2. The first-order valence-electron chi connectivity index (χ1n) is 19.9. The van der Waals surface area contributed by atoms with Crippen molar-refractivity contribution >= 4 is 11.9 Å². The van der Waals surface area contributed by atoms with Gasteiger partial charge in [-0.15, -0.1) is 0 Å². The minimum atomic E-state index is -5.08. The van der Waals surface area contributed by atoms with E-state index < -0.39 is 24.3 Å². The number of imidazole rings is 4. The van der Waals surface area contributed by atoms with Crippen LogP contribution in [0.4, 0.5) is 26.3 Å². The Morgan fingerprint density at radius 1 is 0.556 bits per heavy atom. The molecule has 2 aliphatic carbocycles. The molecule has 19 heteroatoms. The Bertz CT molecular complexity index is 2000. The fourth-order valence-electron chi connectivity index (χ4n) is 6.79. The van der Waals surface area contributed by atoms with Crippen LogP contribution < -0.4 is 0 Å². The Labute approximate surface area is 375 Å². The molecule has 0 unspecified atom stereocenters. The van der Waals surface area contributed by atoms with Gasteiger partial charge in [0.15, 0.2) is 0 Å². The average Bonchev–Trinajstić information content (AvgIpc) is 4.05. The van der Waals surface area contributed by atoms with Crippen molar-refractivity contribution in [3.63, 3.8) is 0 Å². The summed E-state index contributed by atoms with van der Waals surface area (Å²) in [6.45, 7) is 6.27. The minimum Gasteiger partial charge on any atom is -0.475 e. The van der Waals surface area contributed by atoms with Gasteiger partial charge in [-0.25, -0.2) is 29.5 Å². The molecule has 8 rings (SSSR count). The molecule has 0 bridgehead atoms. The first kappa shape index (κ1) is 53.6. The second-order valence-electron chi connectivity index (χ2n) is 15.0. The van der Waals surface area contributed by atoms with Crippen LogP contribution in [0.3, 0.4) is 0 Å². The van der Waals surface area contributed by atoms with Crippen LogP contribution in [0, 0.1) is 13.8 Å². The quantitative estimate of drug-likeness (QED) is 0.124. The van der Waals surface area contributed by atoms with Gasteiger partial charge >= 0.3 is 24.3 Å². The number of carboxylic acid groups (broad SMARTS) is 2. The van der Waals surface area contributed by atoms with Gasteiger partial charge in [-0.2, -0.15) is 26.3 Å². The van der Waals surface area contributed by atoms with E-state index in [1.54, 1.807) is 36.2 Å². The number of nitrogens with zero attached hydrogens (tertiary/aromatic N) is 8. The van der Waals surface area contributed by atoms with E-state index in [4.69, 9.17) is 19.8 Å². The van der Waals surface area contributed by atoms with Gasteiger partial charge in [0.2, 0.25) is 0 Å². The standard InChI is InChI=1S/2C16H20N2.2C4H6N2.2C2HF3O2.Zn/c2*1-13-8-14(11-18-7-6-17-12-18)10-16(9-13)15-4-2-3-5-15;2*1-6-3-2-5-4-6;2*3-2(4,5)1(6)7;/h2*6-10,12,15H,2-5,11H2,1H3;2*2-4H,1H3;2*(H,6,7);. The Morgan fingerprint density at radius 3 is 1.08 bits per heavy atom. The number of aromatic nitrogens is 8. The van der Waals surface area contributed by atoms with Crippen LogP contribution in [0.5, 0.6) is 0 Å². The van der Waals surface area contributed by atoms with E-state index in [-0.39, 0.29) is 19.5 Å². The summed E-state index contributed by atoms with van der Waals surface area (Å²) in [6.07, 6.45) is 23.2. The zero-order chi connectivity index (χ0) is 45.7. The van der Waals surface area contributed by atoms with Crippen molar-refractivity contribution < 1.29 is 65.6 Å². The SMILES string of the molecule is Cc1cc(Cn2ccnc2)cc(C2CCCC2)c1.Cc1cc(Cn2ccnc2)cc(C2CCCC2)c1.Cn1ccnc1.Cn1ccnc1.O=C(O)C(F)(F)F.O=C(O)C(F)(F)F.[Zn]. The van der Waals surface area contributed by atoms with Crippen molar-refractivity contribution in [1.82, 2.24) is 38.2 Å². The van der Waals surface area contributed by atoms with Crippen LogP contribution in [0.15, 0.2) is 111 Å². The van der Waals surface area contributed by atoms with Gasteiger partial charge in [-0.05, 0) is 73.6 Å². The maximum absolute atomic E-state index is 10.6. The number of aryl methyl sites for hydroxylation is 4. The monoisotopic (exact) mass is 936 g/mol. The van der Waals surface area contributed by atoms with Crippen LogP contribution in [-0.2, 0) is 56.3 Å². The molecule has 12 nitrogen and oxygen atoms in total. The van der Waals surface area contributed by atoms with Crippen LogP contribution in [0.2, 0.25) is 0 Å². The molecule has 0 radical (unpaired) electrons. The van der Waals surface area contributed by atoms with E-state index in [0.717, 1.165) is 24.9 Å². The van der Waals surface area contributed by atoms with Crippen molar-refractivity contribution in [2.45, 2.75) is 102 Å². The van der Waals surface area contributed by atoms with E-state index in [9.17, 15) is 26.3 Å². The molecule has 0 atom stereocenters. The molecular formula is C44H54F6N8O4Zn. The number of alkyl halides is 6. The Hall–Kier alpha value is -5.58. The molecular weight excluding hydrogens is 884 g/mol. The molecule has 2 N–H and O–H groups in total. The summed E-state index contributed by atoms with van der Waals surface area (Å²) in [7, 11) is 3.88. The zero-order valence-corrected chi connectivity index (χ0v) is 38.8. The first-order chi connectivity index (χ1) is 29.3. The maximum atomic E-state index is 10.6. The van der Waals surface area contributed by atoms with Crippen molar-refractivity contribution in [1.29, 1.82) is 0 Å². The summed E-state index contributed by atoms with van der Waals surface area (Å²) in [4.78, 5) is 33.6. The zero-order valence-electron chi connectivity index (χ0n) is 35.9. The van der Waals surface area contributed by atoms with E-state index in [2.05, 4.69) is 79.3 Å². The van der Waals surface area contributed by atoms with Crippen LogP contribution in [0.25, 0.3) is 0 Å². The van der Waals surface area contributed by atoms with Crippen molar-refractivity contribution in [3.8, 4) is 0 Å². The maximum Gasteiger partial charge on any atom is 0.490 e. The molecule has 0 aliphatic heterocycles. The number of rotatable bonds is 6. The first-order valence-corrected chi connectivity index (χ1v) is 19.9. The summed E-state index contributed by atoms with van der Waals surface area (Å²) in [5, 5.41) is 14.2. The molecule has 63 heavy (non-hydrogen) atoms. The molecule has 2 aliphatic rings. The molecule has 0 spiro atoms. The number of carbonyl (C=O) groups is 2. The second kappa shape index (κ2) is 26.8. The van der Waals surface area contributed by atoms with Crippen LogP contribution >= 0.6 is 0 Å². The average molecular weight is 938 g/mol. The van der Waals surface area contributed by atoms with E-state index in [1.165, 1.54) is 73.6 Å². The molecule has 6 aromatic rings. The Kier molecular flexibility index (Phi) is 22.8. The largest absolute Gasteiger partial charge is 0.490 e. The van der Waals surface area contributed by atoms with E-state index in [0.29, 0.717) is 0 Å².